The van der Waals surface area contributed by atoms with E-state index < -0.39 is 0 Å². The lowest BCUT2D eigenvalue weighted by atomic mass is 10.1. The standard InChI is InChI=1S/C11H6BrN3O/c12-9-4-3-8(11-15-14-6-16-11)7-2-1-5-13-10(7)9/h1-6H. The molecule has 4 nitrogen and oxygen atoms in total. The van der Waals surface area contributed by atoms with Crippen LogP contribution in [0.1, 0.15) is 0 Å². The minimum Gasteiger partial charge on any atom is -0.423 e. The van der Waals surface area contributed by atoms with Crippen LogP contribution in [-0.4, -0.2) is 15.2 Å². The molecular formula is C11H6BrN3O. The number of halogens is 1. The van der Waals surface area contributed by atoms with E-state index in [9.17, 15) is 0 Å². The maximum atomic E-state index is 5.20. The first-order valence-electron chi connectivity index (χ1n) is 4.66. The van der Waals surface area contributed by atoms with Crippen molar-refractivity contribution in [3.8, 4) is 11.5 Å². The van der Waals surface area contributed by atoms with Crippen LogP contribution in [0.2, 0.25) is 0 Å². The van der Waals surface area contributed by atoms with Gasteiger partial charge in [0.2, 0.25) is 12.3 Å². The Balaban J connectivity index is 2.39. The number of aromatic nitrogens is 3. The molecule has 0 saturated carbocycles. The number of benzene rings is 1. The second kappa shape index (κ2) is 3.68. The molecule has 3 aromatic rings. The minimum atomic E-state index is 0.505. The molecule has 78 valence electrons. The fourth-order valence-electron chi connectivity index (χ4n) is 1.62. The first kappa shape index (κ1) is 9.47. The zero-order valence-electron chi connectivity index (χ0n) is 8.09. The highest BCUT2D eigenvalue weighted by Gasteiger charge is 2.10. The predicted octanol–water partition coefficient (Wildman–Crippen LogP) is 3.05. The summed E-state index contributed by atoms with van der Waals surface area (Å²) < 4.78 is 6.15. The lowest BCUT2D eigenvalue weighted by Crippen LogP contribution is -1.85. The number of rotatable bonds is 1. The van der Waals surface area contributed by atoms with Gasteiger partial charge in [-0.25, -0.2) is 0 Å². The van der Waals surface area contributed by atoms with Crippen LogP contribution in [0.25, 0.3) is 22.4 Å². The van der Waals surface area contributed by atoms with Crippen LogP contribution in [0, 0.1) is 0 Å². The average Bonchev–Trinajstić information content (AvgIpc) is 2.83. The highest BCUT2D eigenvalue weighted by Crippen LogP contribution is 2.30. The number of nitrogens with zero attached hydrogens (tertiary/aromatic N) is 3. The van der Waals surface area contributed by atoms with Gasteiger partial charge in [0.15, 0.2) is 0 Å². The lowest BCUT2D eigenvalue weighted by molar-refractivity contribution is 0.569. The first-order valence-corrected chi connectivity index (χ1v) is 5.45. The van der Waals surface area contributed by atoms with Crippen molar-refractivity contribution in [2.75, 3.05) is 0 Å². The molecule has 5 heteroatoms. The SMILES string of the molecule is Brc1ccc(-c2nnco2)c2cccnc12. The van der Waals surface area contributed by atoms with Crippen LogP contribution in [-0.2, 0) is 0 Å². The summed E-state index contributed by atoms with van der Waals surface area (Å²) >= 11 is 3.47. The quantitative estimate of drug-likeness (QED) is 0.685. The van der Waals surface area contributed by atoms with E-state index >= 15 is 0 Å². The second-order valence-electron chi connectivity index (χ2n) is 3.24. The molecule has 0 atom stereocenters. The molecule has 0 spiro atoms. The third-order valence-corrected chi connectivity index (χ3v) is 2.95. The van der Waals surface area contributed by atoms with Gasteiger partial charge in [-0.05, 0) is 34.1 Å². The zero-order valence-corrected chi connectivity index (χ0v) is 9.68. The molecule has 0 unspecified atom stereocenters. The molecular weight excluding hydrogens is 270 g/mol. The van der Waals surface area contributed by atoms with Gasteiger partial charge >= 0.3 is 0 Å². The Morgan fingerprint density at radius 1 is 1.19 bits per heavy atom. The third kappa shape index (κ3) is 1.40. The Morgan fingerprint density at radius 3 is 2.94 bits per heavy atom. The summed E-state index contributed by atoms with van der Waals surface area (Å²) in [7, 11) is 0. The van der Waals surface area contributed by atoms with E-state index in [-0.39, 0.29) is 0 Å². The topological polar surface area (TPSA) is 51.8 Å². The van der Waals surface area contributed by atoms with Gasteiger partial charge in [-0.1, -0.05) is 6.07 Å². The number of hydrogen-bond donors (Lipinski definition) is 0. The van der Waals surface area contributed by atoms with E-state index in [0.717, 1.165) is 20.9 Å². The number of hydrogen-bond acceptors (Lipinski definition) is 4. The highest BCUT2D eigenvalue weighted by molar-refractivity contribution is 9.10. The molecule has 0 N–H and O–H groups in total. The molecule has 16 heavy (non-hydrogen) atoms. The van der Waals surface area contributed by atoms with E-state index in [4.69, 9.17) is 4.42 Å². The molecule has 1 aromatic carbocycles. The normalized spacial score (nSPS) is 10.8. The van der Waals surface area contributed by atoms with Crippen LogP contribution in [0.3, 0.4) is 0 Å². The van der Waals surface area contributed by atoms with Crippen molar-refractivity contribution >= 4 is 26.8 Å². The molecule has 2 heterocycles. The van der Waals surface area contributed by atoms with Crippen molar-refractivity contribution in [1.29, 1.82) is 0 Å². The molecule has 0 radical (unpaired) electrons. The van der Waals surface area contributed by atoms with Gasteiger partial charge in [-0.2, -0.15) is 0 Å². The Kier molecular flexibility index (Phi) is 2.18. The van der Waals surface area contributed by atoms with Crippen molar-refractivity contribution in [3.63, 3.8) is 0 Å². The molecule has 2 aromatic heterocycles. The summed E-state index contributed by atoms with van der Waals surface area (Å²) in [6.45, 7) is 0. The van der Waals surface area contributed by atoms with Gasteiger partial charge in [-0.15, -0.1) is 10.2 Å². The smallest absolute Gasteiger partial charge is 0.248 e. The van der Waals surface area contributed by atoms with Gasteiger partial charge < -0.3 is 4.42 Å². The molecule has 0 fully saturated rings. The molecule has 0 aliphatic rings. The Bertz CT molecular complexity index is 637. The van der Waals surface area contributed by atoms with Crippen molar-refractivity contribution in [3.05, 3.63) is 41.3 Å². The summed E-state index contributed by atoms with van der Waals surface area (Å²) in [6, 6.07) is 7.72. The Hall–Kier alpha value is -1.75. The van der Waals surface area contributed by atoms with Crippen molar-refractivity contribution in [2.24, 2.45) is 0 Å². The van der Waals surface area contributed by atoms with Crippen LogP contribution in [0.4, 0.5) is 0 Å². The molecule has 0 aliphatic carbocycles. The minimum absolute atomic E-state index is 0.505. The van der Waals surface area contributed by atoms with Crippen LogP contribution in [0.15, 0.2) is 45.7 Å². The van der Waals surface area contributed by atoms with Gasteiger partial charge in [0.1, 0.15) is 0 Å². The summed E-state index contributed by atoms with van der Waals surface area (Å²) in [5, 5.41) is 8.57. The zero-order chi connectivity index (χ0) is 11.0. The van der Waals surface area contributed by atoms with Crippen LogP contribution >= 0.6 is 15.9 Å². The van der Waals surface area contributed by atoms with Crippen molar-refractivity contribution < 1.29 is 4.42 Å². The summed E-state index contributed by atoms with van der Waals surface area (Å²) in [4.78, 5) is 4.31. The van der Waals surface area contributed by atoms with E-state index in [1.807, 2.05) is 24.3 Å². The monoisotopic (exact) mass is 275 g/mol. The molecule has 0 saturated heterocycles. The van der Waals surface area contributed by atoms with Gasteiger partial charge in [0, 0.05) is 21.6 Å². The summed E-state index contributed by atoms with van der Waals surface area (Å²) in [5.74, 6) is 0.505. The van der Waals surface area contributed by atoms with E-state index in [0.29, 0.717) is 5.89 Å². The molecule has 3 rings (SSSR count). The maximum absolute atomic E-state index is 5.20. The third-order valence-electron chi connectivity index (χ3n) is 2.31. The van der Waals surface area contributed by atoms with Gasteiger partial charge in [-0.3, -0.25) is 4.98 Å². The summed E-state index contributed by atoms with van der Waals surface area (Å²) in [5.41, 5.74) is 1.78. The van der Waals surface area contributed by atoms with E-state index in [1.165, 1.54) is 6.39 Å². The predicted molar refractivity (Wildman–Crippen MR) is 62.7 cm³/mol. The van der Waals surface area contributed by atoms with Crippen LogP contribution in [0.5, 0.6) is 0 Å². The van der Waals surface area contributed by atoms with E-state index in [2.05, 4.69) is 31.1 Å². The Labute approximate surface area is 99.5 Å². The summed E-state index contributed by atoms with van der Waals surface area (Å²) in [6.07, 6.45) is 3.07. The molecule has 0 amide bonds. The number of pyridine rings is 1. The number of fused-ring (bicyclic) bond motifs is 1. The fraction of sp³-hybridized carbons (Fsp3) is 0. The highest BCUT2D eigenvalue weighted by atomic mass is 79.9. The lowest BCUT2D eigenvalue weighted by Gasteiger charge is -2.03. The van der Waals surface area contributed by atoms with E-state index in [1.54, 1.807) is 6.20 Å². The molecule has 0 bridgehead atoms. The molecule has 0 aliphatic heterocycles. The average molecular weight is 276 g/mol. The Morgan fingerprint density at radius 2 is 2.12 bits per heavy atom. The van der Waals surface area contributed by atoms with Gasteiger partial charge in [0.05, 0.1) is 5.52 Å². The van der Waals surface area contributed by atoms with Crippen molar-refractivity contribution in [1.82, 2.24) is 15.2 Å². The first-order chi connectivity index (χ1) is 7.86. The fourth-order valence-corrected chi connectivity index (χ4v) is 2.06. The van der Waals surface area contributed by atoms with Crippen LogP contribution < -0.4 is 0 Å². The second-order valence-corrected chi connectivity index (χ2v) is 4.09. The maximum Gasteiger partial charge on any atom is 0.248 e. The van der Waals surface area contributed by atoms with Gasteiger partial charge in [0.25, 0.3) is 0 Å². The van der Waals surface area contributed by atoms with Crippen molar-refractivity contribution in [2.45, 2.75) is 0 Å². The largest absolute Gasteiger partial charge is 0.423 e.